The molecule has 1 atom stereocenters. The second-order valence-electron chi connectivity index (χ2n) is 3.30. The summed E-state index contributed by atoms with van der Waals surface area (Å²) in [7, 11) is 1.96. The van der Waals surface area contributed by atoms with E-state index in [2.05, 4.69) is 0 Å². The van der Waals surface area contributed by atoms with E-state index in [1.54, 1.807) is 12.1 Å². The summed E-state index contributed by atoms with van der Waals surface area (Å²) in [6, 6.07) is 7.11. The third kappa shape index (κ3) is 2.19. The van der Waals surface area contributed by atoms with E-state index >= 15 is 0 Å². The number of fused-ring (bicyclic) bond motifs is 1. The van der Waals surface area contributed by atoms with Crippen LogP contribution in [-0.2, 0) is 18.1 Å². The Kier molecular flexibility index (Phi) is 3.80. The summed E-state index contributed by atoms with van der Waals surface area (Å²) in [6.45, 7) is 1.99. The van der Waals surface area contributed by atoms with Crippen LogP contribution in [0.4, 0.5) is 0 Å². The molecule has 3 nitrogen and oxygen atoms in total. The summed E-state index contributed by atoms with van der Waals surface area (Å²) < 4.78 is 23.5. The Morgan fingerprint density at radius 2 is 2.00 bits per heavy atom. The minimum absolute atomic E-state index is 0. The molecule has 0 spiro atoms. The van der Waals surface area contributed by atoms with Crippen LogP contribution < -0.4 is 18.9 Å². The third-order valence-corrected chi connectivity index (χ3v) is 3.09. The van der Waals surface area contributed by atoms with Crippen molar-refractivity contribution < 1.29 is 27.6 Å². The average Bonchev–Trinajstić information content (AvgIpc) is 2.42. The molecule has 0 bridgehead atoms. The number of benzene rings is 1. The van der Waals surface area contributed by atoms with Gasteiger partial charge in [0.2, 0.25) is 0 Å². The maximum absolute atomic E-state index is 10.7. The first-order valence-electron chi connectivity index (χ1n) is 4.25. The predicted molar refractivity (Wildman–Crippen MR) is 54.8 cm³/mol. The van der Waals surface area contributed by atoms with Crippen molar-refractivity contribution in [3.05, 3.63) is 30.0 Å². The zero-order chi connectivity index (χ0) is 10.3. The van der Waals surface area contributed by atoms with E-state index in [4.69, 9.17) is 0 Å². The molecule has 0 saturated carbocycles. The van der Waals surface area contributed by atoms with Gasteiger partial charge in [0.1, 0.15) is 0 Å². The molecule has 2 aromatic rings. The molecule has 0 N–H and O–H groups in total. The minimum Gasteiger partial charge on any atom is -0.768 e. The summed E-state index contributed by atoms with van der Waals surface area (Å²) in [5.41, 5.74) is 2.17. The van der Waals surface area contributed by atoms with E-state index in [-0.39, 0.29) is 18.9 Å². The summed E-state index contributed by atoms with van der Waals surface area (Å²) in [5, 5.41) is 0.965. The SMILES string of the molecule is Cc1cc2cc(S(=O)[O-])ccc2n1C.[Li+]. The van der Waals surface area contributed by atoms with Crippen molar-refractivity contribution in [1.82, 2.24) is 4.57 Å². The van der Waals surface area contributed by atoms with Gasteiger partial charge in [-0.05, 0) is 42.3 Å². The smallest absolute Gasteiger partial charge is 0.768 e. The summed E-state index contributed by atoms with van der Waals surface area (Å²) in [4.78, 5) is 0.336. The summed E-state index contributed by atoms with van der Waals surface area (Å²) >= 11 is -2.14. The monoisotopic (exact) mass is 215 g/mol. The van der Waals surface area contributed by atoms with Crippen molar-refractivity contribution in [1.29, 1.82) is 0 Å². The van der Waals surface area contributed by atoms with Crippen LogP contribution in [-0.4, -0.2) is 13.3 Å². The van der Waals surface area contributed by atoms with Crippen molar-refractivity contribution in [3.63, 3.8) is 0 Å². The standard InChI is InChI=1S/C10H11NO2S.Li/c1-7-5-8-6-9(14(12)13)3-4-10(8)11(7)2;/h3-6H,1-2H3,(H,12,13);/q;+1/p-1. The number of nitrogens with zero attached hydrogens (tertiary/aromatic N) is 1. The fourth-order valence-corrected chi connectivity index (χ4v) is 1.97. The van der Waals surface area contributed by atoms with Crippen LogP contribution in [0.25, 0.3) is 10.9 Å². The van der Waals surface area contributed by atoms with Gasteiger partial charge in [-0.2, -0.15) is 0 Å². The Morgan fingerprint density at radius 1 is 1.33 bits per heavy atom. The first-order valence-corrected chi connectivity index (χ1v) is 5.32. The van der Waals surface area contributed by atoms with E-state index in [1.807, 2.05) is 30.7 Å². The molecular weight excluding hydrogens is 205 g/mol. The molecule has 1 aromatic carbocycles. The molecule has 1 heterocycles. The molecule has 15 heavy (non-hydrogen) atoms. The van der Waals surface area contributed by atoms with E-state index in [1.165, 1.54) is 0 Å². The molecule has 2 rings (SSSR count). The molecule has 74 valence electrons. The molecule has 0 aliphatic carbocycles. The van der Waals surface area contributed by atoms with Gasteiger partial charge in [0.15, 0.2) is 0 Å². The van der Waals surface area contributed by atoms with Crippen LogP contribution in [0.15, 0.2) is 29.2 Å². The molecule has 0 amide bonds. The molecule has 1 unspecified atom stereocenters. The van der Waals surface area contributed by atoms with E-state index in [9.17, 15) is 8.76 Å². The Hall–Kier alpha value is -0.533. The van der Waals surface area contributed by atoms with Gasteiger partial charge in [0.05, 0.1) is 0 Å². The number of aryl methyl sites for hydroxylation is 2. The molecule has 0 fully saturated rings. The van der Waals surface area contributed by atoms with Crippen molar-refractivity contribution in [3.8, 4) is 0 Å². The number of rotatable bonds is 1. The Morgan fingerprint density at radius 3 is 2.60 bits per heavy atom. The molecular formula is C10H10LiNO2S. The van der Waals surface area contributed by atoms with Crippen LogP contribution in [0.5, 0.6) is 0 Å². The van der Waals surface area contributed by atoms with Gasteiger partial charge in [-0.1, -0.05) is 0 Å². The number of hydrogen-bond donors (Lipinski definition) is 0. The van der Waals surface area contributed by atoms with Gasteiger partial charge >= 0.3 is 18.9 Å². The van der Waals surface area contributed by atoms with Crippen LogP contribution in [0.2, 0.25) is 0 Å². The van der Waals surface area contributed by atoms with Crippen molar-refractivity contribution >= 4 is 22.0 Å². The quantitative estimate of drug-likeness (QED) is 0.440. The van der Waals surface area contributed by atoms with E-state index < -0.39 is 11.1 Å². The van der Waals surface area contributed by atoms with Crippen LogP contribution in [0, 0.1) is 6.92 Å². The third-order valence-electron chi connectivity index (χ3n) is 2.45. The predicted octanol–water partition coefficient (Wildman–Crippen LogP) is -1.27. The number of aromatic nitrogens is 1. The largest absolute Gasteiger partial charge is 1.00 e. The molecule has 0 radical (unpaired) electrons. The maximum atomic E-state index is 10.7. The Bertz CT molecular complexity index is 521. The summed E-state index contributed by atoms with van der Waals surface area (Å²) in [5.74, 6) is 0. The van der Waals surface area contributed by atoms with E-state index in [0.717, 1.165) is 16.6 Å². The Balaban J connectivity index is 0.00000112. The molecule has 0 saturated heterocycles. The zero-order valence-corrected chi connectivity index (χ0v) is 9.80. The van der Waals surface area contributed by atoms with Crippen molar-refractivity contribution in [2.75, 3.05) is 0 Å². The van der Waals surface area contributed by atoms with E-state index in [0.29, 0.717) is 4.90 Å². The van der Waals surface area contributed by atoms with Crippen molar-refractivity contribution in [2.45, 2.75) is 11.8 Å². The average molecular weight is 215 g/mol. The fraction of sp³-hybridized carbons (Fsp3) is 0.200. The number of hydrogen-bond acceptors (Lipinski definition) is 2. The van der Waals surface area contributed by atoms with Gasteiger partial charge in [0.25, 0.3) is 0 Å². The van der Waals surface area contributed by atoms with Crippen LogP contribution in [0.3, 0.4) is 0 Å². The van der Waals surface area contributed by atoms with Crippen LogP contribution in [0.1, 0.15) is 5.69 Å². The second-order valence-corrected chi connectivity index (χ2v) is 4.24. The zero-order valence-electron chi connectivity index (χ0n) is 8.98. The minimum atomic E-state index is -2.14. The molecule has 5 heteroatoms. The fourth-order valence-electron chi connectivity index (χ4n) is 1.57. The summed E-state index contributed by atoms with van der Waals surface area (Å²) in [6.07, 6.45) is 0. The molecule has 0 aliphatic heterocycles. The topological polar surface area (TPSA) is 45.1 Å². The van der Waals surface area contributed by atoms with Gasteiger partial charge in [-0.25, -0.2) is 0 Å². The second kappa shape index (κ2) is 4.54. The normalized spacial score (nSPS) is 12.5. The van der Waals surface area contributed by atoms with Gasteiger partial charge in [-0.3, -0.25) is 4.21 Å². The molecule has 0 aliphatic rings. The van der Waals surface area contributed by atoms with Crippen molar-refractivity contribution in [2.24, 2.45) is 7.05 Å². The first kappa shape index (κ1) is 12.5. The Labute approximate surface area is 103 Å². The first-order chi connectivity index (χ1) is 6.59. The van der Waals surface area contributed by atoms with Crippen LogP contribution >= 0.6 is 0 Å². The van der Waals surface area contributed by atoms with Gasteiger partial charge < -0.3 is 9.12 Å². The van der Waals surface area contributed by atoms with Gasteiger partial charge in [0, 0.05) is 28.5 Å². The maximum Gasteiger partial charge on any atom is 1.00 e. The van der Waals surface area contributed by atoms with Gasteiger partial charge in [-0.15, -0.1) is 0 Å². The molecule has 1 aromatic heterocycles.